The molecule has 1 unspecified atom stereocenters. The van der Waals surface area contributed by atoms with Crippen LogP contribution in [-0.2, 0) is 6.42 Å². The Morgan fingerprint density at radius 2 is 2.04 bits per heavy atom. The SMILES string of the molecule is C[C@H](n1c2c(c3c(N)ncnc31)-c1noc(C3CC3)c1C(O)CC2)C(F)(F)F. The summed E-state index contributed by atoms with van der Waals surface area (Å²) in [4.78, 5) is 8.09. The molecule has 7 nitrogen and oxygen atoms in total. The number of rotatable bonds is 2. The maximum atomic E-state index is 13.6. The minimum atomic E-state index is -4.48. The number of aliphatic hydroxyl groups is 1. The van der Waals surface area contributed by atoms with Crippen LogP contribution in [0.15, 0.2) is 10.9 Å². The summed E-state index contributed by atoms with van der Waals surface area (Å²) >= 11 is 0. The zero-order chi connectivity index (χ0) is 19.8. The number of nitrogens with two attached hydrogens (primary N) is 1. The largest absolute Gasteiger partial charge is 0.408 e. The van der Waals surface area contributed by atoms with Crippen molar-refractivity contribution < 1.29 is 22.8 Å². The number of fused-ring (bicyclic) bond motifs is 5. The molecule has 2 aliphatic carbocycles. The minimum absolute atomic E-state index is 0.0766. The molecular formula is C18H18F3N5O2. The van der Waals surface area contributed by atoms with Gasteiger partial charge in [0.2, 0.25) is 0 Å². The Morgan fingerprint density at radius 1 is 1.29 bits per heavy atom. The third kappa shape index (κ3) is 2.36. The van der Waals surface area contributed by atoms with Gasteiger partial charge in [0.1, 0.15) is 35.3 Å². The third-order valence-corrected chi connectivity index (χ3v) is 5.70. The molecule has 1 fully saturated rings. The van der Waals surface area contributed by atoms with Gasteiger partial charge in [0.15, 0.2) is 0 Å². The van der Waals surface area contributed by atoms with Gasteiger partial charge in [0.25, 0.3) is 0 Å². The van der Waals surface area contributed by atoms with Gasteiger partial charge in [-0.3, -0.25) is 0 Å². The summed E-state index contributed by atoms with van der Waals surface area (Å²) in [7, 11) is 0. The maximum absolute atomic E-state index is 13.6. The molecule has 5 rings (SSSR count). The summed E-state index contributed by atoms with van der Waals surface area (Å²) in [5, 5.41) is 15.2. The molecule has 3 heterocycles. The molecule has 0 aliphatic heterocycles. The molecule has 0 saturated heterocycles. The number of alkyl halides is 3. The van der Waals surface area contributed by atoms with Crippen molar-refractivity contribution in [3.63, 3.8) is 0 Å². The molecule has 3 aromatic rings. The Kier molecular flexibility index (Phi) is 3.55. The van der Waals surface area contributed by atoms with E-state index in [2.05, 4.69) is 15.1 Å². The van der Waals surface area contributed by atoms with E-state index in [1.54, 1.807) is 0 Å². The van der Waals surface area contributed by atoms with E-state index < -0.39 is 18.3 Å². The molecule has 0 amide bonds. The fraction of sp³-hybridized carbons (Fsp3) is 0.500. The van der Waals surface area contributed by atoms with Crippen LogP contribution in [-0.4, -0.2) is 31.0 Å². The molecule has 3 N–H and O–H groups in total. The minimum Gasteiger partial charge on any atom is -0.388 e. The highest BCUT2D eigenvalue weighted by molar-refractivity contribution is 6.02. The van der Waals surface area contributed by atoms with Crippen LogP contribution < -0.4 is 5.73 Å². The summed E-state index contributed by atoms with van der Waals surface area (Å²) in [6.07, 6.45) is -1.80. The van der Waals surface area contributed by atoms with Gasteiger partial charge in [0, 0.05) is 17.2 Å². The number of nitrogen functional groups attached to an aromatic ring is 1. The summed E-state index contributed by atoms with van der Waals surface area (Å²) in [5.41, 5.74) is 7.90. The van der Waals surface area contributed by atoms with Crippen molar-refractivity contribution in [2.75, 3.05) is 5.73 Å². The summed E-state index contributed by atoms with van der Waals surface area (Å²) in [6.45, 7) is 1.08. The number of halogens is 3. The molecule has 0 bridgehead atoms. The Morgan fingerprint density at radius 3 is 2.71 bits per heavy atom. The standard InChI is InChI=1S/C18H18F3N5O2/c1-7(18(19,20)21)26-9-4-5-10(27)12-14(25-28-15(12)8-2-3-8)11(9)13-16(22)23-6-24-17(13)26/h6-8,10,27H,2-5H2,1H3,(H2,22,23,24)/t7-,10?/m0/s1. The number of anilines is 1. The van der Waals surface area contributed by atoms with Crippen molar-refractivity contribution in [2.45, 2.75) is 56.8 Å². The van der Waals surface area contributed by atoms with Crippen molar-refractivity contribution in [1.29, 1.82) is 0 Å². The van der Waals surface area contributed by atoms with E-state index >= 15 is 0 Å². The van der Waals surface area contributed by atoms with Crippen LogP contribution in [0.4, 0.5) is 19.0 Å². The zero-order valence-corrected chi connectivity index (χ0v) is 15.0. The number of nitrogens with zero attached hydrogens (tertiary/aromatic N) is 4. The predicted molar refractivity (Wildman–Crippen MR) is 93.5 cm³/mol. The molecule has 10 heteroatoms. The molecule has 148 valence electrons. The first-order valence-electron chi connectivity index (χ1n) is 9.16. The van der Waals surface area contributed by atoms with E-state index in [1.807, 2.05) is 0 Å². The Hall–Kier alpha value is -2.62. The summed E-state index contributed by atoms with van der Waals surface area (Å²) in [6, 6.07) is -1.82. The van der Waals surface area contributed by atoms with Gasteiger partial charge >= 0.3 is 6.18 Å². The van der Waals surface area contributed by atoms with E-state index in [0.29, 0.717) is 33.7 Å². The maximum Gasteiger partial charge on any atom is 0.408 e. The van der Waals surface area contributed by atoms with Gasteiger partial charge in [-0.1, -0.05) is 5.16 Å². The average molecular weight is 393 g/mol. The Balaban J connectivity index is 1.87. The molecule has 0 aromatic carbocycles. The van der Waals surface area contributed by atoms with E-state index in [-0.39, 0.29) is 30.2 Å². The van der Waals surface area contributed by atoms with Gasteiger partial charge in [-0.25, -0.2) is 9.97 Å². The van der Waals surface area contributed by atoms with E-state index in [0.717, 1.165) is 30.7 Å². The molecule has 3 aromatic heterocycles. The van der Waals surface area contributed by atoms with Gasteiger partial charge in [-0.15, -0.1) is 0 Å². The van der Waals surface area contributed by atoms with E-state index in [1.165, 1.54) is 0 Å². The van der Waals surface area contributed by atoms with Gasteiger partial charge in [-0.2, -0.15) is 13.2 Å². The highest BCUT2D eigenvalue weighted by Crippen LogP contribution is 2.51. The lowest BCUT2D eigenvalue weighted by molar-refractivity contribution is -0.162. The van der Waals surface area contributed by atoms with E-state index in [4.69, 9.17) is 10.3 Å². The molecule has 1 saturated carbocycles. The van der Waals surface area contributed by atoms with Crippen LogP contribution >= 0.6 is 0 Å². The fourth-order valence-electron chi connectivity index (χ4n) is 4.14. The zero-order valence-electron chi connectivity index (χ0n) is 15.0. The lowest BCUT2D eigenvalue weighted by Gasteiger charge is -2.21. The predicted octanol–water partition coefficient (Wildman–Crippen LogP) is 3.65. The second kappa shape index (κ2) is 5.69. The van der Waals surface area contributed by atoms with Crippen molar-refractivity contribution in [1.82, 2.24) is 19.7 Å². The third-order valence-electron chi connectivity index (χ3n) is 5.70. The molecular weight excluding hydrogens is 375 g/mol. The molecule has 0 spiro atoms. The van der Waals surface area contributed by atoms with Gasteiger partial charge in [-0.05, 0) is 32.6 Å². The first-order valence-corrected chi connectivity index (χ1v) is 9.16. The highest BCUT2D eigenvalue weighted by atomic mass is 19.4. The lowest BCUT2D eigenvalue weighted by Crippen LogP contribution is -2.25. The lowest BCUT2D eigenvalue weighted by atomic mass is 10.0. The van der Waals surface area contributed by atoms with Crippen LogP contribution in [0, 0.1) is 0 Å². The van der Waals surface area contributed by atoms with Crippen LogP contribution in [0.1, 0.15) is 61.3 Å². The summed E-state index contributed by atoms with van der Waals surface area (Å²) in [5.74, 6) is 0.895. The van der Waals surface area contributed by atoms with Gasteiger partial charge < -0.3 is 19.9 Å². The van der Waals surface area contributed by atoms with Crippen molar-refractivity contribution in [3.05, 3.63) is 23.3 Å². The van der Waals surface area contributed by atoms with Crippen LogP contribution in [0.5, 0.6) is 0 Å². The van der Waals surface area contributed by atoms with Gasteiger partial charge in [0.05, 0.1) is 17.1 Å². The fourth-order valence-corrected chi connectivity index (χ4v) is 4.14. The summed E-state index contributed by atoms with van der Waals surface area (Å²) < 4.78 is 47.5. The van der Waals surface area contributed by atoms with Crippen LogP contribution in [0.3, 0.4) is 0 Å². The quantitative estimate of drug-likeness (QED) is 0.689. The first-order chi connectivity index (χ1) is 13.3. The monoisotopic (exact) mass is 393 g/mol. The first kappa shape index (κ1) is 17.5. The Bertz CT molecular complexity index is 1080. The molecule has 2 atom stereocenters. The smallest absolute Gasteiger partial charge is 0.388 e. The second-order valence-corrected chi connectivity index (χ2v) is 7.50. The average Bonchev–Trinajstić information content (AvgIpc) is 3.32. The molecule has 28 heavy (non-hydrogen) atoms. The number of aliphatic hydroxyl groups excluding tert-OH is 1. The normalized spacial score (nSPS) is 20.7. The number of hydrogen-bond acceptors (Lipinski definition) is 6. The van der Waals surface area contributed by atoms with Crippen LogP contribution in [0.25, 0.3) is 22.3 Å². The van der Waals surface area contributed by atoms with Crippen molar-refractivity contribution in [3.8, 4) is 11.3 Å². The second-order valence-electron chi connectivity index (χ2n) is 7.50. The van der Waals surface area contributed by atoms with Crippen LogP contribution in [0.2, 0.25) is 0 Å². The van der Waals surface area contributed by atoms with Crippen molar-refractivity contribution in [2.24, 2.45) is 0 Å². The topological polar surface area (TPSA) is 103 Å². The number of aromatic nitrogens is 4. The molecule has 2 aliphatic rings. The Labute approximate surface area is 157 Å². The number of hydrogen-bond donors (Lipinski definition) is 2. The molecule has 0 radical (unpaired) electrons. The van der Waals surface area contributed by atoms with Crippen molar-refractivity contribution >= 4 is 16.9 Å². The van der Waals surface area contributed by atoms with E-state index in [9.17, 15) is 18.3 Å². The highest BCUT2D eigenvalue weighted by Gasteiger charge is 2.43.